The average Bonchev–Trinajstić information content (AvgIpc) is 3.79. The van der Waals surface area contributed by atoms with Gasteiger partial charge in [0.15, 0.2) is 9.84 Å². The van der Waals surface area contributed by atoms with Crippen LogP contribution < -0.4 is 16.0 Å². The van der Waals surface area contributed by atoms with E-state index in [-0.39, 0.29) is 28.9 Å². The van der Waals surface area contributed by atoms with Gasteiger partial charge in [0.25, 0.3) is 5.91 Å². The van der Waals surface area contributed by atoms with E-state index in [2.05, 4.69) is 10.3 Å². The molecule has 9 nitrogen and oxygen atoms in total. The molecule has 0 spiro atoms. The molecule has 1 atom stereocenters. The van der Waals surface area contributed by atoms with E-state index in [0.29, 0.717) is 23.5 Å². The maximum atomic E-state index is 13.1. The molecule has 0 unspecified atom stereocenters. The normalized spacial score (nSPS) is 14.2. The first-order valence-electron chi connectivity index (χ1n) is 12.8. The van der Waals surface area contributed by atoms with E-state index in [1.54, 1.807) is 12.1 Å². The fraction of sp³-hybridized carbons (Fsp3) is 0.321. The largest absolute Gasteiger partial charge is 0.447 e. The molecule has 1 aliphatic carbocycles. The van der Waals surface area contributed by atoms with Gasteiger partial charge in [0.1, 0.15) is 12.4 Å². The highest BCUT2D eigenvalue weighted by atomic mass is 32.2. The number of halogens is 3. The summed E-state index contributed by atoms with van der Waals surface area (Å²) < 4.78 is 67.9. The summed E-state index contributed by atoms with van der Waals surface area (Å²) in [6.07, 6.45) is -2.21. The lowest BCUT2D eigenvalue weighted by molar-refractivity contribution is -0.137. The van der Waals surface area contributed by atoms with Crippen LogP contribution in [0, 0.1) is 0 Å². The standard InChI is InChI=1S/C28H29F3N4O5S/c1-2-41(38,39)23-12-5-19(6-13-23)24(17-40-27(32)37)34-26(36)20-7-14-25(33-15-20)35(22-10-11-22)16-18-3-8-21(9-4-18)28(29,30)31/h3-9,12-15,22,24H,2,10-11,16-17H2,1H3,(H2,32,37)(H,34,36)/t24-/m0/s1. The van der Waals surface area contributed by atoms with Crippen molar-refractivity contribution in [2.24, 2.45) is 5.73 Å². The van der Waals surface area contributed by atoms with E-state index >= 15 is 0 Å². The zero-order chi connectivity index (χ0) is 29.8. The van der Waals surface area contributed by atoms with Crippen molar-refractivity contribution >= 4 is 27.7 Å². The number of pyridine rings is 1. The van der Waals surface area contributed by atoms with Crippen molar-refractivity contribution in [1.29, 1.82) is 0 Å². The summed E-state index contributed by atoms with van der Waals surface area (Å²) in [5, 5.41) is 2.75. The average molecular weight is 591 g/mol. The van der Waals surface area contributed by atoms with Crippen LogP contribution >= 0.6 is 0 Å². The maximum Gasteiger partial charge on any atom is 0.416 e. The quantitative estimate of drug-likeness (QED) is 0.333. The number of carbonyl (C=O) groups is 2. The van der Waals surface area contributed by atoms with Gasteiger partial charge in [0.05, 0.1) is 27.8 Å². The number of alkyl halides is 3. The molecule has 0 radical (unpaired) electrons. The van der Waals surface area contributed by atoms with Crippen molar-refractivity contribution in [2.45, 2.75) is 49.5 Å². The molecule has 2 amide bonds. The molecule has 1 aromatic heterocycles. The number of nitrogens with two attached hydrogens (primary N) is 1. The zero-order valence-corrected chi connectivity index (χ0v) is 22.9. The molecule has 4 rings (SSSR count). The van der Waals surface area contributed by atoms with Crippen molar-refractivity contribution in [3.8, 4) is 0 Å². The van der Waals surface area contributed by atoms with Crippen molar-refractivity contribution in [3.05, 3.63) is 89.1 Å². The number of hydrogen-bond acceptors (Lipinski definition) is 7. The molecule has 0 bridgehead atoms. The van der Waals surface area contributed by atoms with E-state index in [9.17, 15) is 31.2 Å². The summed E-state index contributed by atoms with van der Waals surface area (Å²) in [6, 6.07) is 13.5. The van der Waals surface area contributed by atoms with Crippen LogP contribution in [0.25, 0.3) is 0 Å². The number of carbonyl (C=O) groups excluding carboxylic acids is 2. The van der Waals surface area contributed by atoms with Crippen molar-refractivity contribution in [2.75, 3.05) is 17.3 Å². The number of benzene rings is 2. The minimum absolute atomic E-state index is 0.0667. The molecule has 1 heterocycles. The van der Waals surface area contributed by atoms with Gasteiger partial charge < -0.3 is 20.7 Å². The minimum atomic E-state index is -4.41. The van der Waals surface area contributed by atoms with Crippen molar-refractivity contribution in [1.82, 2.24) is 10.3 Å². The lowest BCUT2D eigenvalue weighted by Crippen LogP contribution is -2.33. The fourth-order valence-electron chi connectivity index (χ4n) is 4.17. The summed E-state index contributed by atoms with van der Waals surface area (Å²) in [5.74, 6) is -0.0126. The Hall–Kier alpha value is -4.13. The molecule has 0 saturated heterocycles. The van der Waals surface area contributed by atoms with Gasteiger partial charge in [-0.2, -0.15) is 13.2 Å². The molecule has 3 aromatic rings. The Morgan fingerprint density at radius 1 is 1.07 bits per heavy atom. The number of aromatic nitrogens is 1. The van der Waals surface area contributed by atoms with E-state index in [1.165, 1.54) is 49.5 Å². The number of nitrogens with zero attached hydrogens (tertiary/aromatic N) is 2. The van der Waals surface area contributed by atoms with Gasteiger partial charge in [0.2, 0.25) is 0 Å². The predicted molar refractivity (Wildman–Crippen MR) is 145 cm³/mol. The molecular weight excluding hydrogens is 561 g/mol. The third kappa shape index (κ3) is 7.75. The number of nitrogens with one attached hydrogen (secondary N) is 1. The second-order valence-electron chi connectivity index (χ2n) is 9.59. The molecule has 0 aliphatic heterocycles. The van der Waals surface area contributed by atoms with Gasteiger partial charge in [-0.1, -0.05) is 31.2 Å². The maximum absolute atomic E-state index is 13.1. The molecule has 3 N–H and O–H groups in total. The Morgan fingerprint density at radius 3 is 2.24 bits per heavy atom. The van der Waals surface area contributed by atoms with Crippen molar-refractivity contribution < 1.29 is 35.9 Å². The number of rotatable bonds is 11. The van der Waals surface area contributed by atoms with Gasteiger partial charge in [-0.3, -0.25) is 4.79 Å². The fourth-order valence-corrected chi connectivity index (χ4v) is 5.06. The Kier molecular flexibility index (Phi) is 8.86. The zero-order valence-electron chi connectivity index (χ0n) is 22.1. The van der Waals surface area contributed by atoms with Crippen LogP contribution in [0.5, 0.6) is 0 Å². The molecule has 1 saturated carbocycles. The highest BCUT2D eigenvalue weighted by molar-refractivity contribution is 7.91. The first kappa shape index (κ1) is 29.8. The number of hydrogen-bond donors (Lipinski definition) is 2. The van der Waals surface area contributed by atoms with Gasteiger partial charge in [-0.15, -0.1) is 0 Å². The third-order valence-corrected chi connectivity index (χ3v) is 8.40. The first-order chi connectivity index (χ1) is 19.4. The number of sulfone groups is 1. The van der Waals surface area contributed by atoms with Crippen LogP contribution in [-0.4, -0.2) is 43.8 Å². The van der Waals surface area contributed by atoms with E-state index in [1.807, 2.05) is 4.90 Å². The molecule has 1 aliphatic rings. The second kappa shape index (κ2) is 12.2. The van der Waals surface area contributed by atoms with Crippen molar-refractivity contribution in [3.63, 3.8) is 0 Å². The molecule has 13 heteroatoms. The van der Waals surface area contributed by atoms with Crippen LogP contribution in [0.4, 0.5) is 23.8 Å². The third-order valence-electron chi connectivity index (χ3n) is 6.65. The Morgan fingerprint density at radius 2 is 1.73 bits per heavy atom. The summed E-state index contributed by atoms with van der Waals surface area (Å²) >= 11 is 0. The number of anilines is 1. The van der Waals surface area contributed by atoms with Gasteiger partial charge in [-0.25, -0.2) is 18.2 Å². The monoisotopic (exact) mass is 590 g/mol. The number of ether oxygens (including phenoxy) is 1. The number of primary amides is 1. The lowest BCUT2D eigenvalue weighted by atomic mass is 10.1. The van der Waals surface area contributed by atoms with Crippen LogP contribution in [0.2, 0.25) is 0 Å². The summed E-state index contributed by atoms with van der Waals surface area (Å²) in [4.78, 5) is 30.8. The molecule has 2 aromatic carbocycles. The minimum Gasteiger partial charge on any atom is -0.447 e. The molecule has 218 valence electrons. The van der Waals surface area contributed by atoms with E-state index in [0.717, 1.165) is 25.0 Å². The Bertz CT molecular complexity index is 1480. The van der Waals surface area contributed by atoms with Crippen LogP contribution in [-0.2, 0) is 27.3 Å². The van der Waals surface area contributed by atoms with Gasteiger partial charge in [0, 0.05) is 18.8 Å². The summed E-state index contributed by atoms with van der Waals surface area (Å²) in [7, 11) is -3.42. The van der Waals surface area contributed by atoms with Crippen LogP contribution in [0.15, 0.2) is 71.8 Å². The van der Waals surface area contributed by atoms with Crippen LogP contribution in [0.3, 0.4) is 0 Å². The second-order valence-corrected chi connectivity index (χ2v) is 11.9. The van der Waals surface area contributed by atoms with Gasteiger partial charge in [-0.05, 0) is 60.4 Å². The Balaban J connectivity index is 1.48. The lowest BCUT2D eigenvalue weighted by Gasteiger charge is -2.24. The van der Waals surface area contributed by atoms with E-state index in [4.69, 9.17) is 10.5 Å². The number of amides is 2. The highest BCUT2D eigenvalue weighted by Gasteiger charge is 2.32. The smallest absolute Gasteiger partial charge is 0.416 e. The van der Waals surface area contributed by atoms with E-state index < -0.39 is 39.6 Å². The predicted octanol–water partition coefficient (Wildman–Crippen LogP) is 4.63. The molecular formula is C28H29F3N4O5S. The SMILES string of the molecule is CCS(=O)(=O)c1ccc([C@H](COC(N)=O)NC(=O)c2ccc(N(Cc3ccc(C(F)(F)F)cc3)C3CC3)nc2)cc1. The van der Waals surface area contributed by atoms with Crippen LogP contribution in [0.1, 0.15) is 52.9 Å². The summed E-state index contributed by atoms with van der Waals surface area (Å²) in [6.45, 7) is 1.61. The Labute approximate surface area is 235 Å². The molecule has 41 heavy (non-hydrogen) atoms. The summed E-state index contributed by atoms with van der Waals surface area (Å²) in [5.41, 5.74) is 5.79. The highest BCUT2D eigenvalue weighted by Crippen LogP contribution is 2.33. The van der Waals surface area contributed by atoms with Gasteiger partial charge >= 0.3 is 12.3 Å². The molecule has 1 fully saturated rings. The first-order valence-corrected chi connectivity index (χ1v) is 14.5. The topological polar surface area (TPSA) is 132 Å².